The number of pyridine rings is 1. The zero-order chi connectivity index (χ0) is 13.7. The predicted octanol–water partition coefficient (Wildman–Crippen LogP) is 3.58. The average molecular weight is 256 g/mol. The number of aryl methyl sites for hydroxylation is 2. The fourth-order valence-corrected chi connectivity index (χ4v) is 1.81. The highest BCUT2D eigenvalue weighted by molar-refractivity contribution is 5.43. The molecule has 0 fully saturated rings. The Hall–Kier alpha value is -2.03. The number of aromatic nitrogens is 1. The summed E-state index contributed by atoms with van der Waals surface area (Å²) in [7, 11) is 0. The molecule has 2 rings (SSSR count). The van der Waals surface area contributed by atoms with Crippen LogP contribution in [0.2, 0.25) is 0 Å². The first-order valence-electron chi connectivity index (χ1n) is 6.53. The Balaban J connectivity index is 1.84. The smallest absolute Gasteiger partial charge is 0.119 e. The van der Waals surface area contributed by atoms with Crippen molar-refractivity contribution in [2.24, 2.45) is 0 Å². The van der Waals surface area contributed by atoms with Crippen molar-refractivity contribution in [3.8, 4) is 5.75 Å². The molecule has 19 heavy (non-hydrogen) atoms. The van der Waals surface area contributed by atoms with Gasteiger partial charge in [-0.05, 0) is 45.0 Å². The van der Waals surface area contributed by atoms with E-state index in [1.807, 2.05) is 37.4 Å². The van der Waals surface area contributed by atoms with Crippen molar-refractivity contribution < 1.29 is 4.74 Å². The van der Waals surface area contributed by atoms with Crippen molar-refractivity contribution >= 4 is 5.69 Å². The summed E-state index contributed by atoms with van der Waals surface area (Å²) in [6.45, 7) is 6.87. The molecule has 2 aromatic rings. The lowest BCUT2D eigenvalue weighted by molar-refractivity contribution is 0.234. The molecule has 1 unspecified atom stereocenters. The maximum atomic E-state index is 5.84. The van der Waals surface area contributed by atoms with Gasteiger partial charge in [0.05, 0.1) is 6.54 Å². The number of anilines is 1. The van der Waals surface area contributed by atoms with Crippen molar-refractivity contribution in [1.82, 2.24) is 4.98 Å². The molecule has 0 spiro atoms. The molecule has 0 aliphatic carbocycles. The molecule has 1 aromatic carbocycles. The van der Waals surface area contributed by atoms with Crippen LogP contribution in [-0.4, -0.2) is 17.6 Å². The van der Waals surface area contributed by atoms with E-state index in [9.17, 15) is 0 Å². The molecule has 3 nitrogen and oxygen atoms in total. The molecule has 0 aliphatic heterocycles. The molecule has 1 heterocycles. The summed E-state index contributed by atoms with van der Waals surface area (Å²) in [5, 5.41) is 3.35. The highest BCUT2D eigenvalue weighted by Crippen LogP contribution is 2.14. The Kier molecular flexibility index (Phi) is 4.39. The standard InChI is InChI=1S/C16H20N2O/c1-12-4-6-16(7-5-12)19-14(3)11-18-15-8-9-17-13(2)10-15/h4-10,14H,11H2,1-3H3,(H,17,18). The van der Waals surface area contributed by atoms with Crippen LogP contribution in [0.1, 0.15) is 18.2 Å². The Morgan fingerprint density at radius 1 is 1.16 bits per heavy atom. The van der Waals surface area contributed by atoms with E-state index in [-0.39, 0.29) is 6.10 Å². The summed E-state index contributed by atoms with van der Waals surface area (Å²) in [5.74, 6) is 0.908. The van der Waals surface area contributed by atoms with Gasteiger partial charge in [-0.3, -0.25) is 4.98 Å². The van der Waals surface area contributed by atoms with Crippen LogP contribution in [-0.2, 0) is 0 Å². The molecule has 3 heteroatoms. The number of rotatable bonds is 5. The third kappa shape index (κ3) is 4.28. The van der Waals surface area contributed by atoms with Gasteiger partial charge in [-0.25, -0.2) is 0 Å². The fourth-order valence-electron chi connectivity index (χ4n) is 1.81. The maximum absolute atomic E-state index is 5.84. The minimum Gasteiger partial charge on any atom is -0.489 e. The van der Waals surface area contributed by atoms with Crippen molar-refractivity contribution in [2.75, 3.05) is 11.9 Å². The molecule has 100 valence electrons. The molecule has 0 saturated carbocycles. The third-order valence-corrected chi connectivity index (χ3v) is 2.85. The Labute approximate surface area is 114 Å². The number of benzene rings is 1. The third-order valence-electron chi connectivity index (χ3n) is 2.85. The predicted molar refractivity (Wildman–Crippen MR) is 78.7 cm³/mol. The Morgan fingerprint density at radius 3 is 2.58 bits per heavy atom. The summed E-state index contributed by atoms with van der Waals surface area (Å²) in [4.78, 5) is 4.17. The SMILES string of the molecule is Cc1ccc(OC(C)CNc2ccnc(C)c2)cc1. The molecule has 0 saturated heterocycles. The first kappa shape index (κ1) is 13.4. The molecular formula is C16H20N2O. The first-order valence-corrected chi connectivity index (χ1v) is 6.53. The lowest BCUT2D eigenvalue weighted by Gasteiger charge is -2.16. The van der Waals surface area contributed by atoms with Crippen LogP contribution in [0.15, 0.2) is 42.6 Å². The highest BCUT2D eigenvalue weighted by atomic mass is 16.5. The molecule has 0 amide bonds. The van der Waals surface area contributed by atoms with Crippen molar-refractivity contribution in [2.45, 2.75) is 26.9 Å². The second kappa shape index (κ2) is 6.23. The van der Waals surface area contributed by atoms with Gasteiger partial charge in [0.2, 0.25) is 0 Å². The van der Waals surface area contributed by atoms with Crippen LogP contribution in [0.3, 0.4) is 0 Å². The lowest BCUT2D eigenvalue weighted by Crippen LogP contribution is -2.22. The highest BCUT2D eigenvalue weighted by Gasteiger charge is 2.04. The first-order chi connectivity index (χ1) is 9.13. The van der Waals surface area contributed by atoms with E-state index < -0.39 is 0 Å². The molecule has 0 radical (unpaired) electrons. The second-order valence-corrected chi connectivity index (χ2v) is 4.81. The van der Waals surface area contributed by atoms with E-state index >= 15 is 0 Å². The van der Waals surface area contributed by atoms with Crippen molar-refractivity contribution in [3.63, 3.8) is 0 Å². The van der Waals surface area contributed by atoms with E-state index in [2.05, 4.69) is 36.3 Å². The monoisotopic (exact) mass is 256 g/mol. The lowest BCUT2D eigenvalue weighted by atomic mass is 10.2. The van der Waals surface area contributed by atoms with Crippen LogP contribution in [0.4, 0.5) is 5.69 Å². The fraction of sp³-hybridized carbons (Fsp3) is 0.312. The molecular weight excluding hydrogens is 236 g/mol. The number of nitrogens with zero attached hydrogens (tertiary/aromatic N) is 1. The second-order valence-electron chi connectivity index (χ2n) is 4.81. The quantitative estimate of drug-likeness (QED) is 0.888. The van der Waals surface area contributed by atoms with Gasteiger partial charge in [0.15, 0.2) is 0 Å². The summed E-state index contributed by atoms with van der Waals surface area (Å²) in [5.41, 5.74) is 3.33. The van der Waals surface area contributed by atoms with E-state index in [1.165, 1.54) is 5.56 Å². The Morgan fingerprint density at radius 2 is 1.89 bits per heavy atom. The zero-order valence-electron chi connectivity index (χ0n) is 11.7. The molecule has 1 atom stereocenters. The zero-order valence-corrected chi connectivity index (χ0v) is 11.7. The largest absolute Gasteiger partial charge is 0.489 e. The number of nitrogens with one attached hydrogen (secondary N) is 1. The summed E-state index contributed by atoms with van der Waals surface area (Å²) < 4.78 is 5.84. The summed E-state index contributed by atoms with van der Waals surface area (Å²) in [6, 6.07) is 12.1. The summed E-state index contributed by atoms with van der Waals surface area (Å²) in [6.07, 6.45) is 1.92. The number of hydrogen-bond acceptors (Lipinski definition) is 3. The van der Waals surface area contributed by atoms with Gasteiger partial charge in [0.25, 0.3) is 0 Å². The van der Waals surface area contributed by atoms with Gasteiger partial charge < -0.3 is 10.1 Å². The van der Waals surface area contributed by atoms with Gasteiger partial charge in [-0.15, -0.1) is 0 Å². The van der Waals surface area contributed by atoms with E-state index in [0.29, 0.717) is 0 Å². The average Bonchev–Trinajstić information content (AvgIpc) is 2.39. The summed E-state index contributed by atoms with van der Waals surface area (Å²) >= 11 is 0. The molecule has 1 N–H and O–H groups in total. The number of ether oxygens (including phenoxy) is 1. The van der Waals surface area contributed by atoms with E-state index in [4.69, 9.17) is 4.74 Å². The maximum Gasteiger partial charge on any atom is 0.119 e. The van der Waals surface area contributed by atoms with Gasteiger partial charge in [0, 0.05) is 17.6 Å². The van der Waals surface area contributed by atoms with Crippen molar-refractivity contribution in [3.05, 3.63) is 53.9 Å². The van der Waals surface area contributed by atoms with Crippen LogP contribution >= 0.6 is 0 Å². The topological polar surface area (TPSA) is 34.1 Å². The Bertz CT molecular complexity index is 523. The van der Waals surface area contributed by atoms with Crippen LogP contribution in [0, 0.1) is 13.8 Å². The number of hydrogen-bond donors (Lipinski definition) is 1. The normalized spacial score (nSPS) is 11.9. The van der Waals surface area contributed by atoms with Gasteiger partial charge in [-0.1, -0.05) is 17.7 Å². The van der Waals surface area contributed by atoms with Gasteiger partial charge in [0.1, 0.15) is 11.9 Å². The van der Waals surface area contributed by atoms with Crippen LogP contribution in [0.25, 0.3) is 0 Å². The van der Waals surface area contributed by atoms with Crippen molar-refractivity contribution in [1.29, 1.82) is 0 Å². The minimum absolute atomic E-state index is 0.108. The van der Waals surface area contributed by atoms with Crippen LogP contribution in [0.5, 0.6) is 5.75 Å². The van der Waals surface area contributed by atoms with Gasteiger partial charge >= 0.3 is 0 Å². The molecule has 0 aliphatic rings. The molecule has 1 aromatic heterocycles. The molecule has 0 bridgehead atoms. The minimum atomic E-state index is 0.108. The van der Waals surface area contributed by atoms with E-state index in [1.54, 1.807) is 0 Å². The van der Waals surface area contributed by atoms with Crippen LogP contribution < -0.4 is 10.1 Å². The van der Waals surface area contributed by atoms with Gasteiger partial charge in [-0.2, -0.15) is 0 Å². The van der Waals surface area contributed by atoms with E-state index in [0.717, 1.165) is 23.7 Å².